The van der Waals surface area contributed by atoms with Crippen LogP contribution in [0.4, 0.5) is 5.69 Å². The van der Waals surface area contributed by atoms with Crippen LogP contribution < -0.4 is 10.6 Å². The van der Waals surface area contributed by atoms with Gasteiger partial charge in [0.1, 0.15) is 0 Å². The predicted molar refractivity (Wildman–Crippen MR) is 80.4 cm³/mol. The SMILES string of the molecule is C=Cn1cc(CNc2ccc(C(=O)NCC)cc2)cn1. The van der Waals surface area contributed by atoms with Crippen molar-refractivity contribution in [1.82, 2.24) is 15.1 Å². The topological polar surface area (TPSA) is 59.0 Å². The summed E-state index contributed by atoms with van der Waals surface area (Å²) >= 11 is 0. The van der Waals surface area contributed by atoms with Gasteiger partial charge in [-0.15, -0.1) is 0 Å². The number of nitrogens with zero attached hydrogens (tertiary/aromatic N) is 2. The first-order valence-electron chi connectivity index (χ1n) is 6.50. The van der Waals surface area contributed by atoms with E-state index in [4.69, 9.17) is 0 Å². The Kier molecular flexibility index (Phi) is 4.55. The Morgan fingerprint density at radius 2 is 2.15 bits per heavy atom. The number of nitrogens with one attached hydrogen (secondary N) is 2. The number of aromatic nitrogens is 2. The molecule has 0 radical (unpaired) electrons. The van der Waals surface area contributed by atoms with Gasteiger partial charge in [0.25, 0.3) is 5.91 Å². The zero-order valence-electron chi connectivity index (χ0n) is 11.5. The maximum Gasteiger partial charge on any atom is 0.251 e. The summed E-state index contributed by atoms with van der Waals surface area (Å²) in [5, 5.41) is 10.2. The highest BCUT2D eigenvalue weighted by atomic mass is 16.1. The van der Waals surface area contributed by atoms with Crippen LogP contribution in [-0.4, -0.2) is 22.2 Å². The number of anilines is 1. The second-order valence-corrected chi connectivity index (χ2v) is 4.30. The molecule has 0 bridgehead atoms. The summed E-state index contributed by atoms with van der Waals surface area (Å²) in [5.41, 5.74) is 2.69. The van der Waals surface area contributed by atoms with E-state index in [9.17, 15) is 4.79 Å². The maximum absolute atomic E-state index is 11.6. The lowest BCUT2D eigenvalue weighted by atomic mass is 10.2. The third-order valence-corrected chi connectivity index (χ3v) is 2.82. The molecule has 2 aromatic rings. The smallest absolute Gasteiger partial charge is 0.251 e. The third kappa shape index (κ3) is 3.47. The molecule has 5 nitrogen and oxygen atoms in total. The van der Waals surface area contributed by atoms with Crippen LogP contribution in [0.5, 0.6) is 0 Å². The highest BCUT2D eigenvalue weighted by molar-refractivity contribution is 5.94. The summed E-state index contributed by atoms with van der Waals surface area (Å²) in [4.78, 5) is 11.6. The fourth-order valence-electron chi connectivity index (χ4n) is 1.77. The van der Waals surface area contributed by atoms with Crippen LogP contribution in [0.1, 0.15) is 22.8 Å². The molecule has 2 rings (SSSR count). The number of carbonyl (C=O) groups is 1. The molecule has 20 heavy (non-hydrogen) atoms. The third-order valence-electron chi connectivity index (χ3n) is 2.82. The van der Waals surface area contributed by atoms with Gasteiger partial charge in [-0.1, -0.05) is 6.58 Å². The number of hydrogen-bond acceptors (Lipinski definition) is 3. The minimum absolute atomic E-state index is 0.0497. The molecule has 0 spiro atoms. The summed E-state index contributed by atoms with van der Waals surface area (Å²) in [6.07, 6.45) is 5.34. The average Bonchev–Trinajstić information content (AvgIpc) is 2.94. The van der Waals surface area contributed by atoms with E-state index in [0.717, 1.165) is 11.3 Å². The van der Waals surface area contributed by atoms with E-state index in [0.29, 0.717) is 18.7 Å². The van der Waals surface area contributed by atoms with Crippen LogP contribution >= 0.6 is 0 Å². The molecule has 1 amide bonds. The van der Waals surface area contributed by atoms with E-state index < -0.39 is 0 Å². The number of carbonyl (C=O) groups excluding carboxylic acids is 1. The molecule has 0 aliphatic carbocycles. The summed E-state index contributed by atoms with van der Waals surface area (Å²) in [7, 11) is 0. The normalized spacial score (nSPS) is 10.1. The largest absolute Gasteiger partial charge is 0.381 e. The van der Waals surface area contributed by atoms with E-state index >= 15 is 0 Å². The van der Waals surface area contributed by atoms with Gasteiger partial charge in [0.05, 0.1) is 6.20 Å². The molecule has 1 heterocycles. The molecule has 5 heteroatoms. The van der Waals surface area contributed by atoms with Gasteiger partial charge in [0.15, 0.2) is 0 Å². The Morgan fingerprint density at radius 3 is 2.75 bits per heavy atom. The molecular formula is C15H18N4O. The van der Waals surface area contributed by atoms with Crippen molar-refractivity contribution in [2.45, 2.75) is 13.5 Å². The van der Waals surface area contributed by atoms with Crippen molar-refractivity contribution in [1.29, 1.82) is 0 Å². The van der Waals surface area contributed by atoms with Crippen molar-refractivity contribution in [3.05, 3.63) is 54.4 Å². The second-order valence-electron chi connectivity index (χ2n) is 4.30. The highest BCUT2D eigenvalue weighted by Crippen LogP contribution is 2.11. The Balaban J connectivity index is 1.93. The molecular weight excluding hydrogens is 252 g/mol. The quantitative estimate of drug-likeness (QED) is 0.847. The summed E-state index contributed by atoms with van der Waals surface area (Å²) < 4.78 is 1.66. The fraction of sp³-hybridized carbons (Fsp3) is 0.200. The Bertz CT molecular complexity index is 586. The fourth-order valence-corrected chi connectivity index (χ4v) is 1.77. The summed E-state index contributed by atoms with van der Waals surface area (Å²) in [6.45, 7) is 6.85. The molecule has 0 fully saturated rings. The van der Waals surface area contributed by atoms with E-state index in [-0.39, 0.29) is 5.91 Å². The Labute approximate surface area is 118 Å². The molecule has 0 aliphatic heterocycles. The summed E-state index contributed by atoms with van der Waals surface area (Å²) in [5.74, 6) is -0.0497. The first-order valence-corrected chi connectivity index (χ1v) is 6.50. The molecule has 104 valence electrons. The zero-order chi connectivity index (χ0) is 14.4. The molecule has 2 N–H and O–H groups in total. The molecule has 0 saturated heterocycles. The van der Waals surface area contributed by atoms with Crippen molar-refractivity contribution in [2.24, 2.45) is 0 Å². The average molecular weight is 270 g/mol. The predicted octanol–water partition coefficient (Wildman–Crippen LogP) is 2.35. The minimum atomic E-state index is -0.0497. The number of benzene rings is 1. The van der Waals surface area contributed by atoms with Crippen LogP contribution in [0, 0.1) is 0 Å². The van der Waals surface area contributed by atoms with Crippen molar-refractivity contribution in [2.75, 3.05) is 11.9 Å². The van der Waals surface area contributed by atoms with E-state index in [1.807, 2.05) is 25.3 Å². The molecule has 1 aromatic carbocycles. The lowest BCUT2D eigenvalue weighted by Gasteiger charge is -2.06. The van der Waals surface area contributed by atoms with Gasteiger partial charge in [-0.3, -0.25) is 4.79 Å². The summed E-state index contributed by atoms with van der Waals surface area (Å²) in [6, 6.07) is 7.39. The Morgan fingerprint density at radius 1 is 1.40 bits per heavy atom. The van der Waals surface area contributed by atoms with Gasteiger partial charge in [-0.25, -0.2) is 4.68 Å². The highest BCUT2D eigenvalue weighted by Gasteiger charge is 2.03. The van der Waals surface area contributed by atoms with Gasteiger partial charge in [-0.2, -0.15) is 5.10 Å². The van der Waals surface area contributed by atoms with Crippen molar-refractivity contribution < 1.29 is 4.79 Å². The van der Waals surface area contributed by atoms with Gasteiger partial charge in [-0.05, 0) is 31.2 Å². The van der Waals surface area contributed by atoms with Crippen LogP contribution in [0.25, 0.3) is 6.20 Å². The standard InChI is InChI=1S/C15H18N4O/c1-3-16-15(20)13-5-7-14(8-6-13)17-9-12-10-18-19(4-2)11-12/h4-8,10-11,17H,2-3,9H2,1H3,(H,16,20). The second kappa shape index (κ2) is 6.56. The zero-order valence-corrected chi connectivity index (χ0v) is 11.5. The van der Waals surface area contributed by atoms with Crippen LogP contribution in [0.15, 0.2) is 43.2 Å². The van der Waals surface area contributed by atoms with Crippen LogP contribution in [0.2, 0.25) is 0 Å². The lowest BCUT2D eigenvalue weighted by Crippen LogP contribution is -2.22. The lowest BCUT2D eigenvalue weighted by molar-refractivity contribution is 0.0956. The molecule has 1 aromatic heterocycles. The monoisotopic (exact) mass is 270 g/mol. The number of amides is 1. The molecule has 0 aliphatic rings. The van der Waals surface area contributed by atoms with Crippen LogP contribution in [0.3, 0.4) is 0 Å². The first kappa shape index (κ1) is 13.9. The van der Waals surface area contributed by atoms with Crippen molar-refractivity contribution >= 4 is 17.8 Å². The van der Waals surface area contributed by atoms with Gasteiger partial charge in [0.2, 0.25) is 0 Å². The van der Waals surface area contributed by atoms with E-state index in [1.165, 1.54) is 0 Å². The maximum atomic E-state index is 11.6. The molecule has 0 atom stereocenters. The Hall–Kier alpha value is -2.56. The van der Waals surface area contributed by atoms with Crippen molar-refractivity contribution in [3.63, 3.8) is 0 Å². The van der Waals surface area contributed by atoms with E-state index in [2.05, 4.69) is 22.3 Å². The molecule has 0 saturated carbocycles. The van der Waals surface area contributed by atoms with Gasteiger partial charge in [0, 0.05) is 42.3 Å². The number of hydrogen-bond donors (Lipinski definition) is 2. The minimum Gasteiger partial charge on any atom is -0.381 e. The van der Waals surface area contributed by atoms with Gasteiger partial charge < -0.3 is 10.6 Å². The molecule has 0 unspecified atom stereocenters. The van der Waals surface area contributed by atoms with Crippen molar-refractivity contribution in [3.8, 4) is 0 Å². The first-order chi connectivity index (χ1) is 9.72. The van der Waals surface area contributed by atoms with Gasteiger partial charge >= 0.3 is 0 Å². The number of rotatable bonds is 6. The van der Waals surface area contributed by atoms with E-state index in [1.54, 1.807) is 29.2 Å². The van der Waals surface area contributed by atoms with Crippen LogP contribution in [-0.2, 0) is 6.54 Å².